The molecule has 0 unspecified atom stereocenters. The second-order valence-corrected chi connectivity index (χ2v) is 12.5. The summed E-state index contributed by atoms with van der Waals surface area (Å²) in [6.45, 7) is 8.71. The molecular weight excluding hydrogens is 562 g/mol. The van der Waals surface area contributed by atoms with Gasteiger partial charge < -0.3 is 29.9 Å². The van der Waals surface area contributed by atoms with Crippen LogP contribution in [0.15, 0.2) is 24.4 Å². The van der Waals surface area contributed by atoms with Crippen LogP contribution >= 0.6 is 0 Å². The SMILES string of the molecule is CC[C@@H](C)[C@@H](C(=O)N[C@@H](C(=O)N1CC[C@H]2Oc3ccc(OC)c(c3)C=CNC(=O)[C@H]3CCCN3C(=O)[C@@H]21)[C@@H](C)CC)N(C)C. The second-order valence-electron chi connectivity index (χ2n) is 12.5. The maximum atomic E-state index is 14.4. The number of nitrogens with zero attached hydrogens (tertiary/aromatic N) is 3. The lowest BCUT2D eigenvalue weighted by Gasteiger charge is -2.36. The summed E-state index contributed by atoms with van der Waals surface area (Å²) < 4.78 is 11.9. The first kappa shape index (κ1) is 33.3. The molecule has 1 aromatic rings. The van der Waals surface area contributed by atoms with Crippen LogP contribution in [0.25, 0.3) is 6.08 Å². The number of fused-ring (bicyclic) bond motifs is 4. The van der Waals surface area contributed by atoms with E-state index in [-0.39, 0.29) is 35.5 Å². The number of hydrogen-bond acceptors (Lipinski definition) is 7. The lowest BCUT2D eigenvalue weighted by molar-refractivity contribution is -0.150. The molecule has 0 saturated carbocycles. The molecule has 11 nitrogen and oxygen atoms in total. The normalized spacial score (nSPS) is 24.5. The van der Waals surface area contributed by atoms with Crippen molar-refractivity contribution in [2.24, 2.45) is 11.8 Å². The fourth-order valence-electron chi connectivity index (χ4n) is 6.63. The van der Waals surface area contributed by atoms with Crippen LogP contribution < -0.4 is 20.1 Å². The highest BCUT2D eigenvalue weighted by Crippen LogP contribution is 2.32. The molecule has 4 rings (SSSR count). The van der Waals surface area contributed by atoms with Crippen molar-refractivity contribution >= 4 is 29.7 Å². The highest BCUT2D eigenvalue weighted by Gasteiger charge is 2.50. The van der Waals surface area contributed by atoms with Gasteiger partial charge in [-0.3, -0.25) is 24.1 Å². The van der Waals surface area contributed by atoms with Gasteiger partial charge in [-0.25, -0.2) is 0 Å². The predicted molar refractivity (Wildman–Crippen MR) is 168 cm³/mol. The summed E-state index contributed by atoms with van der Waals surface area (Å²) in [5.74, 6) is -0.0456. The first-order valence-electron chi connectivity index (χ1n) is 15.9. The van der Waals surface area contributed by atoms with E-state index in [9.17, 15) is 19.2 Å². The molecule has 0 aliphatic carbocycles. The Kier molecular flexibility index (Phi) is 10.9. The van der Waals surface area contributed by atoms with E-state index in [0.717, 1.165) is 6.42 Å². The number of rotatable bonds is 9. The summed E-state index contributed by atoms with van der Waals surface area (Å²) in [5, 5.41) is 5.90. The fourth-order valence-corrected chi connectivity index (χ4v) is 6.63. The Labute approximate surface area is 261 Å². The number of ether oxygens (including phenoxy) is 2. The van der Waals surface area contributed by atoms with Gasteiger partial charge in [0.25, 0.3) is 0 Å². The summed E-state index contributed by atoms with van der Waals surface area (Å²) in [4.78, 5) is 60.7. The van der Waals surface area contributed by atoms with E-state index in [1.54, 1.807) is 47.4 Å². The summed E-state index contributed by atoms with van der Waals surface area (Å²) >= 11 is 0. The van der Waals surface area contributed by atoms with E-state index in [1.165, 1.54) is 0 Å². The molecule has 2 N–H and O–H groups in total. The number of likely N-dealkylation sites (N-methyl/N-ethyl adjacent to an activating group) is 1. The minimum absolute atomic E-state index is 0.0846. The highest BCUT2D eigenvalue weighted by molar-refractivity contribution is 5.96. The van der Waals surface area contributed by atoms with Crippen LogP contribution in [0.4, 0.5) is 0 Å². The van der Waals surface area contributed by atoms with Crippen LogP contribution in [0.5, 0.6) is 11.5 Å². The molecule has 7 atom stereocenters. The highest BCUT2D eigenvalue weighted by atomic mass is 16.5. The zero-order valence-electron chi connectivity index (χ0n) is 27.2. The van der Waals surface area contributed by atoms with Crippen LogP contribution in [0.1, 0.15) is 65.4 Å². The van der Waals surface area contributed by atoms with Crippen LogP contribution in [0.3, 0.4) is 0 Å². The third kappa shape index (κ3) is 6.87. The lowest BCUT2D eigenvalue weighted by Crippen LogP contribution is -2.61. The van der Waals surface area contributed by atoms with Crippen LogP contribution in [0.2, 0.25) is 0 Å². The van der Waals surface area contributed by atoms with Crippen LogP contribution in [0, 0.1) is 11.8 Å². The van der Waals surface area contributed by atoms with E-state index >= 15 is 0 Å². The van der Waals surface area contributed by atoms with Crippen molar-refractivity contribution in [3.8, 4) is 11.5 Å². The predicted octanol–water partition coefficient (Wildman–Crippen LogP) is 2.64. The zero-order valence-corrected chi connectivity index (χ0v) is 27.2. The largest absolute Gasteiger partial charge is 0.496 e. The summed E-state index contributed by atoms with van der Waals surface area (Å²) in [7, 11) is 5.31. The molecule has 1 aromatic carbocycles. The van der Waals surface area contributed by atoms with Gasteiger partial charge in [0, 0.05) is 31.3 Å². The lowest BCUT2D eigenvalue weighted by atomic mass is 9.94. The summed E-state index contributed by atoms with van der Waals surface area (Å²) in [6.07, 6.45) is 5.77. The molecule has 0 spiro atoms. The number of carbonyl (C=O) groups excluding carboxylic acids is 4. The van der Waals surface area contributed by atoms with E-state index < -0.39 is 30.3 Å². The first-order chi connectivity index (χ1) is 21.0. The number of amides is 4. The molecule has 2 bridgehead atoms. The van der Waals surface area contributed by atoms with Crippen molar-refractivity contribution in [3.05, 3.63) is 30.0 Å². The number of nitrogens with one attached hydrogen (secondary N) is 2. The van der Waals surface area contributed by atoms with Crippen molar-refractivity contribution in [2.45, 2.75) is 90.1 Å². The molecule has 3 heterocycles. The van der Waals surface area contributed by atoms with E-state index in [4.69, 9.17) is 9.47 Å². The Hall–Kier alpha value is -3.60. The summed E-state index contributed by atoms with van der Waals surface area (Å²) in [5.41, 5.74) is 0.706. The Morgan fingerprint density at radius 1 is 1.11 bits per heavy atom. The third-order valence-corrected chi connectivity index (χ3v) is 9.48. The molecule has 4 amide bonds. The number of hydrogen-bond donors (Lipinski definition) is 2. The van der Waals surface area contributed by atoms with Gasteiger partial charge in [-0.2, -0.15) is 0 Å². The topological polar surface area (TPSA) is 121 Å². The Balaban J connectivity index is 1.71. The van der Waals surface area contributed by atoms with E-state index in [2.05, 4.69) is 10.6 Å². The van der Waals surface area contributed by atoms with Crippen molar-refractivity contribution in [1.82, 2.24) is 25.3 Å². The number of likely N-dealkylation sites (tertiary alicyclic amines) is 1. The Morgan fingerprint density at radius 3 is 2.50 bits per heavy atom. The zero-order chi connectivity index (χ0) is 32.1. The van der Waals surface area contributed by atoms with Gasteiger partial charge in [0.2, 0.25) is 23.6 Å². The molecular formula is C33H49N5O6. The van der Waals surface area contributed by atoms with Crippen molar-refractivity contribution < 1.29 is 28.7 Å². The maximum absolute atomic E-state index is 14.4. The fraction of sp³-hybridized carbons (Fsp3) is 0.636. The molecule has 0 radical (unpaired) electrons. The van der Waals surface area contributed by atoms with Gasteiger partial charge in [-0.1, -0.05) is 40.5 Å². The quantitative estimate of drug-likeness (QED) is 0.441. The van der Waals surface area contributed by atoms with Gasteiger partial charge in [0.1, 0.15) is 35.7 Å². The van der Waals surface area contributed by atoms with Crippen LogP contribution in [-0.4, -0.2) is 103 Å². The average molecular weight is 612 g/mol. The molecule has 2 fully saturated rings. The number of carbonyl (C=O) groups is 4. The molecule has 2 saturated heterocycles. The van der Waals surface area contributed by atoms with E-state index in [1.807, 2.05) is 46.7 Å². The Bertz CT molecular complexity index is 1250. The number of methoxy groups -OCH3 is 1. The van der Waals surface area contributed by atoms with Crippen molar-refractivity contribution in [1.29, 1.82) is 0 Å². The van der Waals surface area contributed by atoms with Gasteiger partial charge >= 0.3 is 0 Å². The minimum atomic E-state index is -0.946. The average Bonchev–Trinajstić information content (AvgIpc) is 3.66. The molecule has 242 valence electrons. The van der Waals surface area contributed by atoms with Crippen LogP contribution in [-0.2, 0) is 19.2 Å². The molecule has 3 aliphatic heterocycles. The molecule has 3 aliphatic rings. The van der Waals surface area contributed by atoms with Gasteiger partial charge in [-0.05, 0) is 63.0 Å². The summed E-state index contributed by atoms with van der Waals surface area (Å²) in [6, 6.07) is 2.53. The number of benzene rings is 1. The first-order valence-corrected chi connectivity index (χ1v) is 15.9. The van der Waals surface area contributed by atoms with Crippen molar-refractivity contribution in [3.63, 3.8) is 0 Å². The standard InChI is InChI=1S/C33H49N5O6/c1-8-20(3)27(35-31(40)28(36(5)6)21(4)9-2)32(41)38-18-15-26-29(38)33(42)37-17-10-11-24(37)30(39)34-16-14-22-19-23(44-26)12-13-25(22)43-7/h12-14,16,19-21,24,26-29H,8-11,15,17-18H2,1-7H3,(H,34,39)(H,35,40)/t20-,21+,24+,26+,27+,28-,29+/m0/s1. The third-order valence-electron chi connectivity index (χ3n) is 9.48. The molecule has 11 heteroatoms. The van der Waals surface area contributed by atoms with Gasteiger partial charge in [0.15, 0.2) is 0 Å². The smallest absolute Gasteiger partial charge is 0.249 e. The second kappa shape index (κ2) is 14.5. The molecule has 44 heavy (non-hydrogen) atoms. The van der Waals surface area contributed by atoms with Gasteiger partial charge in [-0.15, -0.1) is 0 Å². The van der Waals surface area contributed by atoms with Gasteiger partial charge in [0.05, 0.1) is 13.2 Å². The maximum Gasteiger partial charge on any atom is 0.249 e. The minimum Gasteiger partial charge on any atom is -0.496 e. The monoisotopic (exact) mass is 611 g/mol. The Morgan fingerprint density at radius 2 is 1.84 bits per heavy atom. The molecule has 0 aromatic heterocycles. The van der Waals surface area contributed by atoms with Crippen molar-refractivity contribution in [2.75, 3.05) is 34.3 Å². The van der Waals surface area contributed by atoms with E-state index in [0.29, 0.717) is 55.8 Å².